The summed E-state index contributed by atoms with van der Waals surface area (Å²) in [5.41, 5.74) is 4.70. The molecule has 0 fully saturated rings. The molecule has 0 bridgehead atoms. The highest BCUT2D eigenvalue weighted by atomic mass is 32.2. The smallest absolute Gasteiger partial charge is 0.191 e. The number of benzene rings is 2. The topological polar surface area (TPSA) is 54.2 Å². The van der Waals surface area contributed by atoms with Gasteiger partial charge in [0, 0.05) is 32.4 Å². The van der Waals surface area contributed by atoms with Crippen molar-refractivity contribution in [1.82, 2.24) is 20.2 Å². The van der Waals surface area contributed by atoms with Crippen molar-refractivity contribution in [3.63, 3.8) is 0 Å². The van der Waals surface area contributed by atoms with Crippen LogP contribution < -0.4 is 10.6 Å². The number of nitrogens with one attached hydrogen (secondary N) is 2. The van der Waals surface area contributed by atoms with Crippen molar-refractivity contribution in [2.24, 2.45) is 4.99 Å². The summed E-state index contributed by atoms with van der Waals surface area (Å²) in [6.07, 6.45) is 4.01. The first kappa shape index (κ1) is 18.3. The van der Waals surface area contributed by atoms with Gasteiger partial charge in [-0.05, 0) is 29.5 Å². The molecule has 0 aliphatic rings. The predicted octanol–water partition coefficient (Wildman–Crippen LogP) is 3.11. The molecule has 0 spiro atoms. The maximum atomic E-state index is 4.45. The molecule has 0 aliphatic carbocycles. The van der Waals surface area contributed by atoms with Gasteiger partial charge in [-0.1, -0.05) is 36.4 Å². The highest BCUT2D eigenvalue weighted by Gasteiger charge is 2.03. The number of thioether (sulfide) groups is 1. The molecule has 0 saturated carbocycles. The molecule has 6 heteroatoms. The van der Waals surface area contributed by atoms with Gasteiger partial charge >= 0.3 is 0 Å². The Morgan fingerprint density at radius 1 is 1.08 bits per heavy atom. The number of para-hydroxylation sites is 2. The number of imidazole rings is 1. The van der Waals surface area contributed by atoms with Gasteiger partial charge in [-0.15, -0.1) is 0 Å². The van der Waals surface area contributed by atoms with Crippen LogP contribution in [0.3, 0.4) is 0 Å². The Balaban J connectivity index is 1.56. The number of fused-ring (bicyclic) bond motifs is 1. The SMILES string of the molecule is CN=C(NCCSC)NCc1ccc(Cn2cnc3ccccc32)cc1. The van der Waals surface area contributed by atoms with Crippen molar-refractivity contribution in [2.75, 3.05) is 25.6 Å². The summed E-state index contributed by atoms with van der Waals surface area (Å²) in [6.45, 7) is 2.50. The van der Waals surface area contributed by atoms with E-state index in [2.05, 4.69) is 67.8 Å². The molecule has 0 radical (unpaired) electrons. The van der Waals surface area contributed by atoms with Crippen molar-refractivity contribution in [3.8, 4) is 0 Å². The molecule has 0 aliphatic heterocycles. The normalized spacial score (nSPS) is 11.7. The van der Waals surface area contributed by atoms with Crippen LogP contribution in [0.25, 0.3) is 11.0 Å². The monoisotopic (exact) mass is 367 g/mol. The lowest BCUT2D eigenvalue weighted by Crippen LogP contribution is -2.37. The van der Waals surface area contributed by atoms with Gasteiger partial charge in [0.05, 0.1) is 17.4 Å². The molecule has 0 unspecified atom stereocenters. The Bertz CT molecular complexity index is 854. The number of hydrogen-bond donors (Lipinski definition) is 2. The average Bonchev–Trinajstić information content (AvgIpc) is 3.09. The minimum absolute atomic E-state index is 0.757. The first-order valence-electron chi connectivity index (χ1n) is 8.71. The van der Waals surface area contributed by atoms with Crippen LogP contribution in [0.15, 0.2) is 59.9 Å². The molecule has 2 aromatic carbocycles. The standard InChI is InChI=1S/C20H25N5S/c1-21-20(22-11-12-26-2)23-13-16-7-9-17(10-8-16)14-25-15-24-18-5-3-4-6-19(18)25/h3-10,15H,11-14H2,1-2H3,(H2,21,22,23). The minimum Gasteiger partial charge on any atom is -0.356 e. The minimum atomic E-state index is 0.757. The summed E-state index contributed by atoms with van der Waals surface area (Å²) in [7, 11) is 1.80. The zero-order valence-electron chi connectivity index (χ0n) is 15.3. The Morgan fingerprint density at radius 2 is 1.85 bits per heavy atom. The zero-order valence-corrected chi connectivity index (χ0v) is 16.1. The molecule has 3 rings (SSSR count). The summed E-state index contributed by atoms with van der Waals surface area (Å²) < 4.78 is 2.18. The third-order valence-corrected chi connectivity index (χ3v) is 4.80. The van der Waals surface area contributed by atoms with Crippen LogP contribution in [0.5, 0.6) is 0 Å². The second-order valence-corrected chi connectivity index (χ2v) is 7.01. The zero-order chi connectivity index (χ0) is 18.2. The molecular formula is C20H25N5S. The molecule has 3 aromatic rings. The maximum absolute atomic E-state index is 4.45. The van der Waals surface area contributed by atoms with Gasteiger partial charge in [-0.25, -0.2) is 4.98 Å². The summed E-state index contributed by atoms with van der Waals surface area (Å²) in [5.74, 6) is 1.91. The lowest BCUT2D eigenvalue weighted by atomic mass is 10.1. The summed E-state index contributed by atoms with van der Waals surface area (Å²) in [4.78, 5) is 8.70. The van der Waals surface area contributed by atoms with Gasteiger partial charge in [0.1, 0.15) is 0 Å². The molecule has 1 aromatic heterocycles. The van der Waals surface area contributed by atoms with E-state index >= 15 is 0 Å². The molecule has 5 nitrogen and oxygen atoms in total. The Hall–Kier alpha value is -2.47. The Labute approximate surface area is 158 Å². The Kier molecular flexibility index (Phi) is 6.55. The second-order valence-electron chi connectivity index (χ2n) is 6.02. The molecule has 136 valence electrons. The van der Waals surface area contributed by atoms with Crippen LogP contribution in [-0.4, -0.2) is 41.1 Å². The summed E-state index contributed by atoms with van der Waals surface area (Å²) in [6, 6.07) is 16.9. The van der Waals surface area contributed by atoms with E-state index in [1.54, 1.807) is 7.05 Å². The van der Waals surface area contributed by atoms with E-state index in [9.17, 15) is 0 Å². The quantitative estimate of drug-likeness (QED) is 0.383. The lowest BCUT2D eigenvalue weighted by molar-refractivity contribution is 0.816. The van der Waals surface area contributed by atoms with Crippen LogP contribution >= 0.6 is 11.8 Å². The van der Waals surface area contributed by atoms with Crippen molar-refractivity contribution in [3.05, 3.63) is 66.0 Å². The second kappa shape index (κ2) is 9.29. The van der Waals surface area contributed by atoms with E-state index in [1.807, 2.05) is 30.2 Å². The fraction of sp³-hybridized carbons (Fsp3) is 0.300. The fourth-order valence-corrected chi connectivity index (χ4v) is 3.08. The van der Waals surface area contributed by atoms with Gasteiger partial charge in [0.15, 0.2) is 5.96 Å². The molecule has 1 heterocycles. The molecule has 2 N–H and O–H groups in total. The third kappa shape index (κ3) is 4.79. The lowest BCUT2D eigenvalue weighted by Gasteiger charge is -2.12. The van der Waals surface area contributed by atoms with Crippen molar-refractivity contribution < 1.29 is 0 Å². The highest BCUT2D eigenvalue weighted by Crippen LogP contribution is 2.14. The van der Waals surface area contributed by atoms with Crippen LogP contribution in [0.1, 0.15) is 11.1 Å². The van der Waals surface area contributed by atoms with Gasteiger partial charge in [-0.2, -0.15) is 11.8 Å². The number of nitrogens with zero attached hydrogens (tertiary/aromatic N) is 3. The molecule has 26 heavy (non-hydrogen) atoms. The van der Waals surface area contributed by atoms with E-state index < -0.39 is 0 Å². The van der Waals surface area contributed by atoms with E-state index in [0.717, 1.165) is 36.9 Å². The van der Waals surface area contributed by atoms with Crippen molar-refractivity contribution in [1.29, 1.82) is 0 Å². The predicted molar refractivity (Wildman–Crippen MR) is 112 cm³/mol. The molecular weight excluding hydrogens is 342 g/mol. The first-order chi connectivity index (χ1) is 12.8. The van der Waals surface area contributed by atoms with Crippen molar-refractivity contribution >= 4 is 28.8 Å². The van der Waals surface area contributed by atoms with Gasteiger partial charge in [-0.3, -0.25) is 4.99 Å². The number of aromatic nitrogens is 2. The number of hydrogen-bond acceptors (Lipinski definition) is 3. The van der Waals surface area contributed by atoms with Crippen LogP contribution in [0, 0.1) is 0 Å². The average molecular weight is 368 g/mol. The van der Waals surface area contributed by atoms with Crippen LogP contribution in [0.2, 0.25) is 0 Å². The van der Waals surface area contributed by atoms with Crippen molar-refractivity contribution in [2.45, 2.75) is 13.1 Å². The van der Waals surface area contributed by atoms with Crippen LogP contribution in [-0.2, 0) is 13.1 Å². The molecule has 0 saturated heterocycles. The largest absolute Gasteiger partial charge is 0.356 e. The molecule has 0 amide bonds. The van der Waals surface area contributed by atoms with Gasteiger partial charge in [0.2, 0.25) is 0 Å². The van der Waals surface area contributed by atoms with Gasteiger partial charge < -0.3 is 15.2 Å². The fourth-order valence-electron chi connectivity index (χ4n) is 2.77. The van der Waals surface area contributed by atoms with Gasteiger partial charge in [0.25, 0.3) is 0 Å². The Morgan fingerprint density at radius 3 is 2.62 bits per heavy atom. The number of aliphatic imine (C=N–C) groups is 1. The van der Waals surface area contributed by atoms with E-state index in [0.29, 0.717) is 0 Å². The number of guanidine groups is 1. The molecule has 0 atom stereocenters. The van der Waals surface area contributed by atoms with Crippen LogP contribution in [0.4, 0.5) is 0 Å². The first-order valence-corrected chi connectivity index (χ1v) is 10.1. The number of rotatable bonds is 7. The van der Waals surface area contributed by atoms with E-state index in [-0.39, 0.29) is 0 Å². The van der Waals surface area contributed by atoms with E-state index in [1.165, 1.54) is 16.6 Å². The summed E-state index contributed by atoms with van der Waals surface area (Å²) in [5, 5.41) is 6.65. The highest BCUT2D eigenvalue weighted by molar-refractivity contribution is 7.98. The van der Waals surface area contributed by atoms with E-state index in [4.69, 9.17) is 0 Å². The third-order valence-electron chi connectivity index (χ3n) is 4.19. The maximum Gasteiger partial charge on any atom is 0.191 e. The summed E-state index contributed by atoms with van der Waals surface area (Å²) >= 11 is 1.82.